The molecule has 31 heavy (non-hydrogen) atoms. The normalized spacial score (nSPS) is 14.9. The number of hydrogen-bond donors (Lipinski definition) is 0. The summed E-state index contributed by atoms with van der Waals surface area (Å²) in [6.45, 7) is 8.67. The number of aryl methyl sites for hydroxylation is 1. The van der Waals surface area contributed by atoms with Crippen LogP contribution in [0.1, 0.15) is 35.6 Å². The molecular formula is C25H27NO4S. The number of nitrogens with zero attached hydrogens (tertiary/aromatic N) is 1. The van der Waals surface area contributed by atoms with E-state index in [1.165, 1.54) is 10.5 Å². The van der Waals surface area contributed by atoms with Crippen LogP contribution in [0.4, 0.5) is 4.79 Å². The molecule has 1 heterocycles. The third-order valence-electron chi connectivity index (χ3n) is 4.86. The van der Waals surface area contributed by atoms with Crippen molar-refractivity contribution in [2.45, 2.75) is 33.3 Å². The Morgan fingerprint density at radius 3 is 2.55 bits per heavy atom. The Hall–Kier alpha value is -2.99. The number of methoxy groups -OCH3 is 1. The molecule has 0 atom stereocenters. The van der Waals surface area contributed by atoms with E-state index in [1.807, 2.05) is 38.1 Å². The van der Waals surface area contributed by atoms with Crippen molar-refractivity contribution in [3.05, 3.63) is 76.2 Å². The van der Waals surface area contributed by atoms with Crippen LogP contribution >= 0.6 is 11.8 Å². The summed E-state index contributed by atoms with van der Waals surface area (Å²) in [6, 6.07) is 11.9. The molecule has 0 N–H and O–H groups in total. The van der Waals surface area contributed by atoms with Crippen LogP contribution < -0.4 is 9.47 Å². The van der Waals surface area contributed by atoms with Gasteiger partial charge in [-0.25, -0.2) is 0 Å². The van der Waals surface area contributed by atoms with E-state index in [1.54, 1.807) is 19.3 Å². The third kappa shape index (κ3) is 5.39. The number of carbonyl (C=O) groups excluding carboxylic acids is 2. The first-order chi connectivity index (χ1) is 15.0. The summed E-state index contributed by atoms with van der Waals surface area (Å²) in [7, 11) is 1.59. The smallest absolute Gasteiger partial charge is 0.293 e. The minimum absolute atomic E-state index is 0.227. The second-order valence-electron chi connectivity index (χ2n) is 7.31. The molecule has 1 fully saturated rings. The molecule has 162 valence electrons. The fourth-order valence-corrected chi connectivity index (χ4v) is 4.16. The maximum atomic E-state index is 12.6. The minimum atomic E-state index is -0.249. The van der Waals surface area contributed by atoms with E-state index in [4.69, 9.17) is 9.47 Å². The van der Waals surface area contributed by atoms with Crippen LogP contribution in [0.25, 0.3) is 6.08 Å². The van der Waals surface area contributed by atoms with Crippen molar-refractivity contribution in [2.24, 2.45) is 0 Å². The van der Waals surface area contributed by atoms with Gasteiger partial charge in [0.15, 0.2) is 11.5 Å². The maximum absolute atomic E-state index is 12.6. The number of ether oxygens (including phenoxy) is 2. The molecule has 1 saturated heterocycles. The van der Waals surface area contributed by atoms with E-state index in [2.05, 4.69) is 18.7 Å². The lowest BCUT2D eigenvalue weighted by atomic mass is 10.0. The van der Waals surface area contributed by atoms with Crippen molar-refractivity contribution in [2.75, 3.05) is 13.7 Å². The zero-order valence-electron chi connectivity index (χ0n) is 18.1. The average Bonchev–Trinajstić information content (AvgIpc) is 3.01. The number of imide groups is 1. The van der Waals surface area contributed by atoms with Crippen LogP contribution in [-0.2, 0) is 17.8 Å². The molecule has 0 unspecified atom stereocenters. The lowest BCUT2D eigenvalue weighted by molar-refractivity contribution is -0.122. The van der Waals surface area contributed by atoms with Gasteiger partial charge < -0.3 is 9.47 Å². The predicted molar refractivity (Wildman–Crippen MR) is 125 cm³/mol. The van der Waals surface area contributed by atoms with E-state index in [-0.39, 0.29) is 11.1 Å². The standard InChI is InChI=1S/C25H27NO4S/c1-5-7-20-13-19(15-22-24(27)26(12-6-2)25(28)31-22)14-21(29-4)23(20)30-16-18-10-8-17(3)9-11-18/h5,8-11,13-15H,1,6-7,12,16H2,2-4H3/b22-15+. The van der Waals surface area contributed by atoms with E-state index in [0.717, 1.165) is 34.9 Å². The largest absolute Gasteiger partial charge is 0.493 e. The molecule has 1 aliphatic heterocycles. The Balaban J connectivity index is 1.90. The molecule has 2 aromatic carbocycles. The van der Waals surface area contributed by atoms with E-state index in [9.17, 15) is 9.59 Å². The Morgan fingerprint density at radius 2 is 1.90 bits per heavy atom. The molecule has 0 saturated carbocycles. The number of benzene rings is 2. The summed E-state index contributed by atoms with van der Waals surface area (Å²) >= 11 is 0.968. The van der Waals surface area contributed by atoms with Crippen molar-refractivity contribution < 1.29 is 19.1 Å². The van der Waals surface area contributed by atoms with Gasteiger partial charge in [-0.15, -0.1) is 6.58 Å². The van der Waals surface area contributed by atoms with Gasteiger partial charge in [-0.2, -0.15) is 0 Å². The molecule has 5 nitrogen and oxygen atoms in total. The molecule has 1 aliphatic rings. The summed E-state index contributed by atoms with van der Waals surface area (Å²) in [5, 5.41) is -0.227. The Bertz CT molecular complexity index is 1010. The van der Waals surface area contributed by atoms with Crippen LogP contribution in [0.3, 0.4) is 0 Å². The lowest BCUT2D eigenvalue weighted by Gasteiger charge is -2.16. The summed E-state index contributed by atoms with van der Waals surface area (Å²) in [6.07, 6.45) is 4.85. The van der Waals surface area contributed by atoms with E-state index in [0.29, 0.717) is 36.0 Å². The Kier molecular flexibility index (Phi) is 7.58. The zero-order valence-corrected chi connectivity index (χ0v) is 19.0. The van der Waals surface area contributed by atoms with Crippen molar-refractivity contribution >= 4 is 29.0 Å². The third-order valence-corrected chi connectivity index (χ3v) is 5.77. The van der Waals surface area contributed by atoms with Crippen molar-refractivity contribution in [1.29, 1.82) is 0 Å². The number of allylic oxidation sites excluding steroid dienone is 1. The average molecular weight is 438 g/mol. The zero-order chi connectivity index (χ0) is 22.4. The number of carbonyl (C=O) groups is 2. The fraction of sp³-hybridized carbons (Fsp3) is 0.280. The first-order valence-corrected chi connectivity index (χ1v) is 11.0. The predicted octanol–water partition coefficient (Wildman–Crippen LogP) is 5.76. The van der Waals surface area contributed by atoms with Crippen molar-refractivity contribution in [3.8, 4) is 11.5 Å². The Labute approximate surface area is 187 Å². The van der Waals surface area contributed by atoms with Gasteiger partial charge in [0.05, 0.1) is 12.0 Å². The Morgan fingerprint density at radius 1 is 1.16 bits per heavy atom. The van der Waals surface area contributed by atoms with Crippen LogP contribution in [0, 0.1) is 6.92 Å². The SMILES string of the molecule is C=CCc1cc(/C=C2/SC(=O)N(CCC)C2=O)cc(OC)c1OCc1ccc(C)cc1. The summed E-state index contributed by atoms with van der Waals surface area (Å²) < 4.78 is 11.7. The van der Waals surface area contributed by atoms with Crippen molar-refractivity contribution in [1.82, 2.24) is 4.90 Å². The van der Waals surface area contributed by atoms with Gasteiger partial charge in [-0.1, -0.05) is 42.8 Å². The van der Waals surface area contributed by atoms with Gasteiger partial charge in [-0.3, -0.25) is 14.5 Å². The van der Waals surface area contributed by atoms with Crippen LogP contribution in [0.5, 0.6) is 11.5 Å². The first kappa shape index (κ1) is 22.7. The van der Waals surface area contributed by atoms with Gasteiger partial charge in [0.25, 0.3) is 11.1 Å². The van der Waals surface area contributed by atoms with Gasteiger partial charge >= 0.3 is 0 Å². The van der Waals surface area contributed by atoms with Crippen LogP contribution in [-0.4, -0.2) is 29.7 Å². The van der Waals surface area contributed by atoms with Gasteiger partial charge in [0.1, 0.15) is 6.61 Å². The highest BCUT2D eigenvalue weighted by Crippen LogP contribution is 2.37. The molecule has 0 radical (unpaired) electrons. The van der Waals surface area contributed by atoms with Crippen LogP contribution in [0.15, 0.2) is 54.0 Å². The molecule has 6 heteroatoms. The second kappa shape index (κ2) is 10.4. The highest BCUT2D eigenvalue weighted by molar-refractivity contribution is 8.18. The molecule has 2 amide bonds. The topological polar surface area (TPSA) is 55.8 Å². The van der Waals surface area contributed by atoms with Gasteiger partial charge in [-0.05, 0) is 60.9 Å². The highest BCUT2D eigenvalue weighted by Gasteiger charge is 2.34. The lowest BCUT2D eigenvalue weighted by Crippen LogP contribution is -2.28. The van der Waals surface area contributed by atoms with E-state index >= 15 is 0 Å². The first-order valence-electron chi connectivity index (χ1n) is 10.2. The number of thioether (sulfide) groups is 1. The molecule has 0 aromatic heterocycles. The molecule has 0 aliphatic carbocycles. The van der Waals surface area contributed by atoms with Crippen LogP contribution in [0.2, 0.25) is 0 Å². The molecule has 0 bridgehead atoms. The number of hydrogen-bond acceptors (Lipinski definition) is 5. The summed E-state index contributed by atoms with van der Waals surface area (Å²) in [5.74, 6) is 0.977. The number of rotatable bonds is 9. The minimum Gasteiger partial charge on any atom is -0.493 e. The maximum Gasteiger partial charge on any atom is 0.293 e. The number of amides is 2. The molecule has 3 rings (SSSR count). The van der Waals surface area contributed by atoms with E-state index < -0.39 is 0 Å². The summed E-state index contributed by atoms with van der Waals surface area (Å²) in [5.41, 5.74) is 3.94. The van der Waals surface area contributed by atoms with Gasteiger partial charge in [0, 0.05) is 12.1 Å². The fourth-order valence-electron chi connectivity index (χ4n) is 3.30. The second-order valence-corrected chi connectivity index (χ2v) is 8.31. The molecule has 2 aromatic rings. The van der Waals surface area contributed by atoms with Gasteiger partial charge in [0.2, 0.25) is 0 Å². The summed E-state index contributed by atoms with van der Waals surface area (Å²) in [4.78, 5) is 26.4. The highest BCUT2D eigenvalue weighted by atomic mass is 32.2. The molecular weight excluding hydrogens is 410 g/mol. The quantitative estimate of drug-likeness (QED) is 0.369. The van der Waals surface area contributed by atoms with Crippen molar-refractivity contribution in [3.63, 3.8) is 0 Å². The monoisotopic (exact) mass is 437 g/mol. The molecule has 0 spiro atoms.